The molecule has 2 unspecified atom stereocenters. The van der Waals surface area contributed by atoms with Crippen LogP contribution in [-0.2, 0) is 6.42 Å². The Balaban J connectivity index is 1.61. The number of nitrogens with one attached hydrogen (secondary N) is 1. The number of benzene rings is 1. The van der Waals surface area contributed by atoms with Gasteiger partial charge in [-0.15, -0.1) is 11.3 Å². The van der Waals surface area contributed by atoms with Crippen molar-refractivity contribution in [1.82, 2.24) is 15.2 Å². The fraction of sp³-hybridized carbons (Fsp3) is 0.471. The maximum absolute atomic E-state index is 4.57. The van der Waals surface area contributed by atoms with Crippen LogP contribution in [0, 0.1) is 6.92 Å². The number of aryl methyl sites for hydroxylation is 1. The molecule has 1 aliphatic rings. The zero-order valence-electron chi connectivity index (χ0n) is 12.7. The third kappa shape index (κ3) is 3.70. The molecular formula is C17H23N3S. The van der Waals surface area contributed by atoms with Crippen LogP contribution < -0.4 is 5.32 Å². The second-order valence-electron chi connectivity index (χ2n) is 5.85. The van der Waals surface area contributed by atoms with E-state index in [0.717, 1.165) is 31.7 Å². The molecule has 1 fully saturated rings. The number of rotatable bonds is 4. The molecule has 4 heteroatoms. The van der Waals surface area contributed by atoms with Crippen LogP contribution in [0.25, 0.3) is 0 Å². The molecule has 1 aromatic carbocycles. The number of hydrogen-bond acceptors (Lipinski definition) is 4. The van der Waals surface area contributed by atoms with Crippen LogP contribution in [0.4, 0.5) is 0 Å². The van der Waals surface area contributed by atoms with Gasteiger partial charge in [0.05, 0.1) is 5.01 Å². The topological polar surface area (TPSA) is 28.2 Å². The van der Waals surface area contributed by atoms with E-state index in [9.17, 15) is 0 Å². The summed E-state index contributed by atoms with van der Waals surface area (Å²) in [5, 5.41) is 7.06. The van der Waals surface area contributed by atoms with E-state index in [2.05, 4.69) is 64.8 Å². The van der Waals surface area contributed by atoms with Crippen LogP contribution in [0.1, 0.15) is 29.2 Å². The van der Waals surface area contributed by atoms with Gasteiger partial charge in [0.25, 0.3) is 0 Å². The van der Waals surface area contributed by atoms with E-state index in [1.807, 2.05) is 0 Å². The van der Waals surface area contributed by atoms with Crippen LogP contribution in [0.15, 0.2) is 35.7 Å². The van der Waals surface area contributed by atoms with Gasteiger partial charge in [0.2, 0.25) is 0 Å². The van der Waals surface area contributed by atoms with Crippen molar-refractivity contribution in [3.8, 4) is 0 Å². The van der Waals surface area contributed by atoms with Gasteiger partial charge in [-0.25, -0.2) is 4.98 Å². The first-order valence-electron chi connectivity index (χ1n) is 7.66. The van der Waals surface area contributed by atoms with Crippen molar-refractivity contribution in [2.24, 2.45) is 0 Å². The van der Waals surface area contributed by atoms with E-state index in [-0.39, 0.29) is 0 Å². The van der Waals surface area contributed by atoms with Gasteiger partial charge >= 0.3 is 0 Å². The van der Waals surface area contributed by atoms with Crippen molar-refractivity contribution in [2.75, 3.05) is 19.6 Å². The van der Waals surface area contributed by atoms with Crippen molar-refractivity contribution >= 4 is 11.3 Å². The number of hydrogen-bond donors (Lipinski definition) is 1. The minimum Gasteiger partial charge on any atom is -0.307 e. The summed E-state index contributed by atoms with van der Waals surface area (Å²) in [7, 11) is 0. The van der Waals surface area contributed by atoms with E-state index >= 15 is 0 Å². The first kappa shape index (κ1) is 14.7. The molecule has 0 aliphatic carbocycles. The first-order valence-corrected chi connectivity index (χ1v) is 8.54. The molecule has 0 spiro atoms. The molecule has 112 valence electrons. The Morgan fingerprint density at radius 1 is 1.33 bits per heavy atom. The fourth-order valence-corrected chi connectivity index (χ4v) is 3.66. The lowest BCUT2D eigenvalue weighted by atomic mass is 10.0. The Labute approximate surface area is 131 Å². The van der Waals surface area contributed by atoms with Crippen molar-refractivity contribution in [1.29, 1.82) is 0 Å². The minimum absolute atomic E-state index is 0.445. The standard InChI is InChI=1S/C17H23N3S/c1-13-12-21-17(19-13)8-9-20-11-16(18-10-14(20)2)15-6-4-3-5-7-15/h3-7,12,14,16,18H,8-11H2,1-2H3. The van der Waals surface area contributed by atoms with Gasteiger partial charge in [0.15, 0.2) is 0 Å². The summed E-state index contributed by atoms with van der Waals surface area (Å²) in [5.74, 6) is 0. The Hall–Kier alpha value is -1.23. The SMILES string of the molecule is Cc1csc(CCN2CC(c3ccccc3)NCC2C)n1. The second kappa shape index (κ2) is 6.69. The van der Waals surface area contributed by atoms with Crippen LogP contribution >= 0.6 is 11.3 Å². The summed E-state index contributed by atoms with van der Waals surface area (Å²) < 4.78 is 0. The lowest BCUT2D eigenvalue weighted by molar-refractivity contribution is 0.143. The van der Waals surface area contributed by atoms with Gasteiger partial charge in [-0.05, 0) is 19.4 Å². The fourth-order valence-electron chi connectivity index (χ4n) is 2.90. The van der Waals surface area contributed by atoms with Gasteiger partial charge in [-0.2, -0.15) is 0 Å². The van der Waals surface area contributed by atoms with Crippen molar-refractivity contribution in [2.45, 2.75) is 32.4 Å². The van der Waals surface area contributed by atoms with Crippen LogP contribution in [0.3, 0.4) is 0 Å². The number of aromatic nitrogens is 1. The quantitative estimate of drug-likeness (QED) is 0.941. The largest absolute Gasteiger partial charge is 0.307 e. The smallest absolute Gasteiger partial charge is 0.0940 e. The summed E-state index contributed by atoms with van der Waals surface area (Å²) in [4.78, 5) is 7.16. The highest BCUT2D eigenvalue weighted by molar-refractivity contribution is 7.09. The summed E-state index contributed by atoms with van der Waals surface area (Å²) in [6.45, 7) is 7.60. The molecule has 0 bridgehead atoms. The Morgan fingerprint density at radius 2 is 2.14 bits per heavy atom. The minimum atomic E-state index is 0.445. The van der Waals surface area contributed by atoms with E-state index < -0.39 is 0 Å². The molecule has 2 aromatic rings. The number of thiazole rings is 1. The molecule has 21 heavy (non-hydrogen) atoms. The molecule has 3 rings (SSSR count). The Kier molecular flexibility index (Phi) is 4.68. The van der Waals surface area contributed by atoms with E-state index in [4.69, 9.17) is 0 Å². The molecule has 2 heterocycles. The van der Waals surface area contributed by atoms with Gasteiger partial charge in [-0.1, -0.05) is 30.3 Å². The monoisotopic (exact) mass is 301 g/mol. The van der Waals surface area contributed by atoms with E-state index in [1.54, 1.807) is 11.3 Å². The molecule has 0 saturated carbocycles. The van der Waals surface area contributed by atoms with Crippen LogP contribution in [-0.4, -0.2) is 35.6 Å². The zero-order chi connectivity index (χ0) is 14.7. The van der Waals surface area contributed by atoms with E-state index in [0.29, 0.717) is 12.1 Å². The maximum Gasteiger partial charge on any atom is 0.0940 e. The van der Waals surface area contributed by atoms with Gasteiger partial charge < -0.3 is 5.32 Å². The third-order valence-corrected chi connectivity index (χ3v) is 5.21. The van der Waals surface area contributed by atoms with Crippen molar-refractivity contribution in [3.05, 3.63) is 52.0 Å². The summed E-state index contributed by atoms with van der Waals surface area (Å²) in [6.07, 6.45) is 1.06. The highest BCUT2D eigenvalue weighted by Crippen LogP contribution is 2.20. The maximum atomic E-state index is 4.57. The molecule has 1 saturated heterocycles. The number of piperazine rings is 1. The highest BCUT2D eigenvalue weighted by Gasteiger charge is 2.25. The average Bonchev–Trinajstić information content (AvgIpc) is 2.93. The zero-order valence-corrected chi connectivity index (χ0v) is 13.6. The predicted molar refractivity (Wildman–Crippen MR) is 88.8 cm³/mol. The third-order valence-electron chi connectivity index (χ3n) is 4.18. The van der Waals surface area contributed by atoms with Crippen molar-refractivity contribution in [3.63, 3.8) is 0 Å². The lowest BCUT2D eigenvalue weighted by Gasteiger charge is -2.39. The summed E-state index contributed by atoms with van der Waals surface area (Å²) >= 11 is 1.78. The van der Waals surface area contributed by atoms with Crippen LogP contribution in [0.5, 0.6) is 0 Å². The molecule has 1 aliphatic heterocycles. The normalized spacial score (nSPS) is 23.3. The summed E-state index contributed by atoms with van der Waals surface area (Å²) in [6, 6.07) is 11.8. The molecule has 2 atom stereocenters. The molecule has 1 N–H and O–H groups in total. The molecule has 3 nitrogen and oxygen atoms in total. The molecule has 0 radical (unpaired) electrons. The van der Waals surface area contributed by atoms with Gasteiger partial charge in [-0.3, -0.25) is 4.90 Å². The van der Waals surface area contributed by atoms with Gasteiger partial charge in [0, 0.05) is 49.2 Å². The van der Waals surface area contributed by atoms with Crippen molar-refractivity contribution < 1.29 is 0 Å². The first-order chi connectivity index (χ1) is 10.2. The Bertz CT molecular complexity index is 566. The molecular weight excluding hydrogens is 278 g/mol. The second-order valence-corrected chi connectivity index (χ2v) is 6.79. The predicted octanol–water partition coefficient (Wildman–Crippen LogP) is 3.03. The van der Waals surface area contributed by atoms with E-state index in [1.165, 1.54) is 10.6 Å². The van der Waals surface area contributed by atoms with Gasteiger partial charge in [0.1, 0.15) is 0 Å². The molecule has 1 aromatic heterocycles. The average molecular weight is 301 g/mol. The summed E-state index contributed by atoms with van der Waals surface area (Å²) in [5.41, 5.74) is 2.53. The Morgan fingerprint density at radius 3 is 2.86 bits per heavy atom. The molecule has 0 amide bonds. The lowest BCUT2D eigenvalue weighted by Crippen LogP contribution is -2.51. The highest BCUT2D eigenvalue weighted by atomic mass is 32.1. The number of nitrogens with zero attached hydrogens (tertiary/aromatic N) is 2. The van der Waals surface area contributed by atoms with Crippen LogP contribution in [0.2, 0.25) is 0 Å².